The Morgan fingerprint density at radius 2 is 1.49 bits per heavy atom. The molecule has 0 spiro atoms. The Bertz CT molecular complexity index is 1190. The minimum Gasteiger partial charge on any atom is -0.463 e. The number of nitrogens with zero attached hydrogens (tertiary/aromatic N) is 2. The van der Waals surface area contributed by atoms with E-state index in [1.807, 2.05) is 31.2 Å². The number of likely N-dealkylation sites (tertiary alicyclic amines) is 2. The molecule has 0 radical (unpaired) electrons. The summed E-state index contributed by atoms with van der Waals surface area (Å²) < 4.78 is 6.32. The van der Waals surface area contributed by atoms with E-state index in [1.165, 1.54) is 14.1 Å². The Balaban J connectivity index is 1.78. The van der Waals surface area contributed by atoms with E-state index < -0.39 is 47.4 Å². The number of allylic oxidation sites excluding steroid dienone is 1. The van der Waals surface area contributed by atoms with Crippen LogP contribution < -0.4 is 0 Å². The van der Waals surface area contributed by atoms with E-state index >= 15 is 0 Å². The van der Waals surface area contributed by atoms with Crippen LogP contribution in [0.1, 0.15) is 31.7 Å². The van der Waals surface area contributed by atoms with Crippen molar-refractivity contribution in [1.82, 2.24) is 9.80 Å². The van der Waals surface area contributed by atoms with Crippen molar-refractivity contribution in [3.05, 3.63) is 45.4 Å². The highest BCUT2D eigenvalue weighted by molar-refractivity contribution is 9.10. The average molecular weight is 543 g/mol. The summed E-state index contributed by atoms with van der Waals surface area (Å²) in [6, 6.07) is 7.36. The second-order valence-electron chi connectivity index (χ2n) is 9.93. The number of esters is 1. The Hall–Kier alpha value is -2.81. The zero-order chi connectivity index (χ0) is 25.3. The molecule has 1 aromatic rings. The van der Waals surface area contributed by atoms with Gasteiger partial charge in [-0.15, -0.1) is 0 Å². The van der Waals surface area contributed by atoms with Gasteiger partial charge in [-0.1, -0.05) is 40.6 Å². The molecule has 35 heavy (non-hydrogen) atoms. The molecule has 4 amide bonds. The lowest BCUT2D eigenvalue weighted by molar-refractivity contribution is -0.141. The molecule has 2 saturated heterocycles. The summed E-state index contributed by atoms with van der Waals surface area (Å²) in [5, 5.41) is 0. The first-order valence-electron chi connectivity index (χ1n) is 11.9. The Morgan fingerprint density at radius 3 is 2.11 bits per heavy atom. The fraction of sp³-hybridized carbons (Fsp3) is 0.500. The highest BCUT2D eigenvalue weighted by atomic mass is 79.9. The maximum Gasteiger partial charge on any atom is 0.334 e. The van der Waals surface area contributed by atoms with Crippen molar-refractivity contribution in [2.24, 2.45) is 35.5 Å². The van der Waals surface area contributed by atoms with E-state index in [-0.39, 0.29) is 36.7 Å². The normalized spacial score (nSPS) is 34.3. The van der Waals surface area contributed by atoms with Gasteiger partial charge in [0.2, 0.25) is 23.6 Å². The number of fused-ring (bicyclic) bond motifs is 4. The largest absolute Gasteiger partial charge is 0.463 e. The summed E-state index contributed by atoms with van der Waals surface area (Å²) in [6.45, 7) is 3.73. The maximum absolute atomic E-state index is 13.5. The van der Waals surface area contributed by atoms with Gasteiger partial charge in [0.1, 0.15) is 0 Å². The monoisotopic (exact) mass is 542 g/mol. The van der Waals surface area contributed by atoms with Crippen LogP contribution in [0.25, 0.3) is 0 Å². The fourth-order valence-electron chi connectivity index (χ4n) is 6.94. The van der Waals surface area contributed by atoms with Crippen LogP contribution in [-0.4, -0.2) is 60.1 Å². The molecular weight excluding hydrogens is 516 g/mol. The van der Waals surface area contributed by atoms with Crippen molar-refractivity contribution in [2.75, 3.05) is 20.7 Å². The quantitative estimate of drug-likeness (QED) is 0.429. The third-order valence-corrected chi connectivity index (χ3v) is 8.95. The van der Waals surface area contributed by atoms with E-state index in [2.05, 4.69) is 15.9 Å². The number of hydrogen-bond donors (Lipinski definition) is 0. The molecule has 1 saturated carbocycles. The lowest BCUT2D eigenvalue weighted by Crippen LogP contribution is -2.48. The van der Waals surface area contributed by atoms with Gasteiger partial charge in [0.05, 0.1) is 30.3 Å². The number of ether oxygens (including phenoxy) is 1. The second-order valence-corrected chi connectivity index (χ2v) is 10.8. The predicted octanol–water partition coefficient (Wildman–Crippen LogP) is 2.52. The highest BCUT2D eigenvalue weighted by Gasteiger charge is 2.64. The van der Waals surface area contributed by atoms with Crippen molar-refractivity contribution in [1.29, 1.82) is 0 Å². The van der Waals surface area contributed by atoms with Crippen LogP contribution in [0.5, 0.6) is 0 Å². The van der Waals surface area contributed by atoms with Crippen molar-refractivity contribution in [3.63, 3.8) is 0 Å². The molecule has 1 aromatic carbocycles. The number of carbonyl (C=O) groups excluding carboxylic acids is 5. The molecule has 5 rings (SSSR count). The number of halogens is 1. The lowest BCUT2D eigenvalue weighted by atomic mass is 9.53. The zero-order valence-electron chi connectivity index (χ0n) is 20.0. The standard InChI is InChI=1S/C26H27BrN2O6/c1-5-35-26(34)19-14-10-15-17(23(31)28(3)22(15)30)11(2)16(14)20-21(25(33)29(4)24(20)32)18(19)12-6-8-13(27)9-7-12/h6-9,11,15-18,20-21H,5,10H2,1-4H3/t11-,15+,16-,17-,18+,20-,21+/m0/s1. The molecule has 4 aliphatic rings. The number of hydrogen-bond acceptors (Lipinski definition) is 6. The number of amides is 4. The highest BCUT2D eigenvalue weighted by Crippen LogP contribution is 2.60. The van der Waals surface area contributed by atoms with Crippen LogP contribution in [-0.2, 0) is 28.7 Å². The summed E-state index contributed by atoms with van der Waals surface area (Å²) in [6.07, 6.45) is 0.199. The zero-order valence-corrected chi connectivity index (χ0v) is 21.6. The molecule has 0 unspecified atom stereocenters. The Morgan fingerprint density at radius 1 is 0.914 bits per heavy atom. The summed E-state index contributed by atoms with van der Waals surface area (Å²) in [7, 11) is 2.95. The Labute approximate surface area is 211 Å². The molecule has 3 fully saturated rings. The average Bonchev–Trinajstić information content (AvgIpc) is 3.19. The Kier molecular flexibility index (Phi) is 5.74. The summed E-state index contributed by atoms with van der Waals surface area (Å²) in [4.78, 5) is 68.8. The minimum atomic E-state index is -0.786. The van der Waals surface area contributed by atoms with Crippen LogP contribution >= 0.6 is 15.9 Å². The van der Waals surface area contributed by atoms with E-state index in [9.17, 15) is 24.0 Å². The summed E-state index contributed by atoms with van der Waals surface area (Å²) >= 11 is 3.43. The number of benzene rings is 1. The summed E-state index contributed by atoms with van der Waals surface area (Å²) in [5.41, 5.74) is 1.77. The van der Waals surface area contributed by atoms with Gasteiger partial charge >= 0.3 is 5.97 Å². The van der Waals surface area contributed by atoms with Crippen molar-refractivity contribution in [3.8, 4) is 0 Å². The van der Waals surface area contributed by atoms with Crippen LogP contribution in [0.3, 0.4) is 0 Å². The van der Waals surface area contributed by atoms with Gasteiger partial charge < -0.3 is 4.74 Å². The van der Waals surface area contributed by atoms with E-state index in [4.69, 9.17) is 4.74 Å². The van der Waals surface area contributed by atoms with Crippen molar-refractivity contribution in [2.45, 2.75) is 26.2 Å². The van der Waals surface area contributed by atoms with Crippen LogP contribution in [0, 0.1) is 35.5 Å². The van der Waals surface area contributed by atoms with Crippen molar-refractivity contribution >= 4 is 45.5 Å². The van der Waals surface area contributed by atoms with Gasteiger partial charge in [0.25, 0.3) is 0 Å². The number of imide groups is 2. The smallest absolute Gasteiger partial charge is 0.334 e. The number of carbonyl (C=O) groups is 5. The summed E-state index contributed by atoms with van der Waals surface area (Å²) in [5.74, 6) is -5.96. The van der Waals surface area contributed by atoms with Crippen LogP contribution in [0.4, 0.5) is 0 Å². The lowest BCUT2D eigenvalue weighted by Gasteiger charge is -2.47. The number of rotatable bonds is 3. The fourth-order valence-corrected chi connectivity index (χ4v) is 7.20. The first-order chi connectivity index (χ1) is 16.6. The van der Waals surface area contributed by atoms with Gasteiger partial charge in [-0.3, -0.25) is 29.0 Å². The molecule has 7 atom stereocenters. The van der Waals surface area contributed by atoms with E-state index in [0.29, 0.717) is 11.1 Å². The van der Waals surface area contributed by atoms with Crippen LogP contribution in [0.15, 0.2) is 39.9 Å². The second kappa shape index (κ2) is 8.40. The topological polar surface area (TPSA) is 101 Å². The molecule has 0 N–H and O–H groups in total. The molecule has 184 valence electrons. The van der Waals surface area contributed by atoms with Gasteiger partial charge in [0, 0.05) is 30.1 Å². The third kappa shape index (κ3) is 3.27. The molecule has 9 heteroatoms. The molecule has 2 aliphatic heterocycles. The molecule has 8 nitrogen and oxygen atoms in total. The SMILES string of the molecule is CCOC(=O)C1=C2C[C@H]3C(=O)N(C)C(=O)[C@H]3[C@@H](C)[C@@H]2[C@@H]2C(=O)N(C)C(=O)[C@@H]2[C@@H]1c1ccc(Br)cc1. The molecule has 2 heterocycles. The maximum atomic E-state index is 13.5. The first kappa shape index (κ1) is 23.9. The van der Waals surface area contributed by atoms with Crippen LogP contribution in [0.2, 0.25) is 0 Å². The first-order valence-corrected chi connectivity index (χ1v) is 12.7. The van der Waals surface area contributed by atoms with Gasteiger partial charge in [-0.25, -0.2) is 4.79 Å². The van der Waals surface area contributed by atoms with E-state index in [1.54, 1.807) is 6.92 Å². The molecule has 0 bridgehead atoms. The van der Waals surface area contributed by atoms with E-state index in [0.717, 1.165) is 19.8 Å². The van der Waals surface area contributed by atoms with Crippen molar-refractivity contribution < 1.29 is 28.7 Å². The molecular formula is C26H27BrN2O6. The van der Waals surface area contributed by atoms with Gasteiger partial charge in [0.15, 0.2) is 0 Å². The predicted molar refractivity (Wildman–Crippen MR) is 127 cm³/mol. The molecule has 0 aromatic heterocycles. The van der Waals surface area contributed by atoms with Gasteiger partial charge in [-0.2, -0.15) is 0 Å². The third-order valence-electron chi connectivity index (χ3n) is 8.42. The van der Waals surface area contributed by atoms with Gasteiger partial charge in [-0.05, 0) is 42.9 Å². The molecule has 2 aliphatic carbocycles. The minimum absolute atomic E-state index is 0.149.